The zero-order valence-electron chi connectivity index (χ0n) is 11.9. The third kappa shape index (κ3) is 3.18. The fourth-order valence-electron chi connectivity index (χ4n) is 2.05. The number of nitrogens with two attached hydrogens (primary N) is 1. The fourth-order valence-corrected chi connectivity index (χ4v) is 2.05. The van der Waals surface area contributed by atoms with Gasteiger partial charge in [0, 0.05) is 19.7 Å². The normalized spacial score (nSPS) is 10.5. The van der Waals surface area contributed by atoms with Crippen LogP contribution in [0.2, 0.25) is 0 Å². The first kappa shape index (κ1) is 15.0. The van der Waals surface area contributed by atoms with E-state index in [0.29, 0.717) is 12.6 Å². The second kappa shape index (κ2) is 5.91. The minimum Gasteiger partial charge on any atom is -0.396 e. The van der Waals surface area contributed by atoms with Gasteiger partial charge in [0.15, 0.2) is 0 Å². The Labute approximate surface area is 122 Å². The Hall–Kier alpha value is -2.43. The van der Waals surface area contributed by atoms with Gasteiger partial charge in [-0.05, 0) is 24.1 Å². The van der Waals surface area contributed by atoms with Crippen LogP contribution in [0.25, 0.3) is 0 Å². The van der Waals surface area contributed by atoms with Gasteiger partial charge in [0.05, 0.1) is 11.3 Å². The molecule has 0 saturated heterocycles. The molecule has 0 heterocycles. The van der Waals surface area contributed by atoms with E-state index in [1.807, 2.05) is 31.2 Å². The number of nitrogens with zero attached hydrogens (tertiary/aromatic N) is 1. The number of aryl methyl sites for hydroxylation is 1. The molecule has 0 aliphatic heterocycles. The van der Waals surface area contributed by atoms with Crippen molar-refractivity contribution in [2.75, 3.05) is 12.8 Å². The predicted molar refractivity (Wildman–Crippen MR) is 77.7 cm³/mol. The summed E-state index contributed by atoms with van der Waals surface area (Å²) in [6.07, 6.45) is 0. The molecule has 0 saturated carbocycles. The van der Waals surface area contributed by atoms with Crippen molar-refractivity contribution in [3.05, 3.63) is 64.7 Å². The molecule has 0 aromatic heterocycles. The summed E-state index contributed by atoms with van der Waals surface area (Å²) < 4.78 is 26.9. The molecule has 2 rings (SSSR count). The molecule has 0 radical (unpaired) electrons. The highest BCUT2D eigenvalue weighted by molar-refractivity contribution is 5.95. The number of nitrogen functional groups attached to an aromatic ring is 1. The molecule has 0 atom stereocenters. The van der Waals surface area contributed by atoms with Gasteiger partial charge in [-0.1, -0.05) is 24.3 Å². The first-order valence-electron chi connectivity index (χ1n) is 6.44. The summed E-state index contributed by atoms with van der Waals surface area (Å²) in [5.74, 6) is -2.32. The molecule has 0 fully saturated rings. The smallest absolute Gasteiger partial charge is 0.256 e. The molecule has 0 aliphatic carbocycles. The second-order valence-electron chi connectivity index (χ2n) is 4.94. The molecular formula is C16H16F2N2O. The maximum absolute atomic E-state index is 13.7. The summed E-state index contributed by atoms with van der Waals surface area (Å²) in [6, 6.07) is 9.27. The zero-order valence-corrected chi connectivity index (χ0v) is 11.9. The molecule has 0 spiro atoms. The van der Waals surface area contributed by atoms with E-state index in [4.69, 9.17) is 5.73 Å². The first-order valence-corrected chi connectivity index (χ1v) is 6.44. The van der Waals surface area contributed by atoms with Gasteiger partial charge in [-0.15, -0.1) is 0 Å². The molecule has 3 nitrogen and oxygen atoms in total. The second-order valence-corrected chi connectivity index (χ2v) is 4.94. The van der Waals surface area contributed by atoms with Crippen molar-refractivity contribution in [3.63, 3.8) is 0 Å². The molecule has 2 N–H and O–H groups in total. The highest BCUT2D eigenvalue weighted by Crippen LogP contribution is 2.19. The maximum Gasteiger partial charge on any atom is 0.256 e. The fraction of sp³-hybridized carbons (Fsp3) is 0.188. The van der Waals surface area contributed by atoms with Gasteiger partial charge in [-0.25, -0.2) is 8.78 Å². The van der Waals surface area contributed by atoms with E-state index in [1.54, 1.807) is 7.05 Å². The Kier molecular flexibility index (Phi) is 4.21. The van der Waals surface area contributed by atoms with Crippen molar-refractivity contribution >= 4 is 11.6 Å². The highest BCUT2D eigenvalue weighted by Gasteiger charge is 2.19. The predicted octanol–water partition coefficient (Wildman–Crippen LogP) is 3.13. The van der Waals surface area contributed by atoms with E-state index in [9.17, 15) is 13.6 Å². The van der Waals surface area contributed by atoms with E-state index in [-0.39, 0.29) is 11.3 Å². The minimum atomic E-state index is -0.914. The van der Waals surface area contributed by atoms with Crippen LogP contribution < -0.4 is 5.73 Å². The number of rotatable bonds is 3. The Morgan fingerprint density at radius 2 is 1.86 bits per heavy atom. The summed E-state index contributed by atoms with van der Waals surface area (Å²) >= 11 is 0. The van der Waals surface area contributed by atoms with Crippen LogP contribution in [0.15, 0.2) is 36.4 Å². The summed E-state index contributed by atoms with van der Waals surface area (Å²) in [7, 11) is 1.56. The van der Waals surface area contributed by atoms with E-state index in [1.165, 1.54) is 4.90 Å². The average Bonchev–Trinajstić information content (AvgIpc) is 2.44. The molecule has 21 heavy (non-hydrogen) atoms. The Morgan fingerprint density at radius 3 is 2.52 bits per heavy atom. The van der Waals surface area contributed by atoms with Crippen LogP contribution in [0.1, 0.15) is 21.5 Å². The van der Waals surface area contributed by atoms with Gasteiger partial charge in [-0.3, -0.25) is 4.79 Å². The van der Waals surface area contributed by atoms with Crippen molar-refractivity contribution in [1.82, 2.24) is 4.90 Å². The number of benzene rings is 2. The monoisotopic (exact) mass is 290 g/mol. The average molecular weight is 290 g/mol. The summed E-state index contributed by atoms with van der Waals surface area (Å²) in [5, 5.41) is 0. The summed E-state index contributed by atoms with van der Waals surface area (Å²) in [4.78, 5) is 13.6. The van der Waals surface area contributed by atoms with Crippen LogP contribution in [0.4, 0.5) is 14.5 Å². The lowest BCUT2D eigenvalue weighted by molar-refractivity contribution is 0.0780. The minimum absolute atomic E-state index is 0.231. The molecule has 2 aromatic rings. The number of amides is 1. The van der Waals surface area contributed by atoms with Crippen molar-refractivity contribution < 1.29 is 13.6 Å². The van der Waals surface area contributed by atoms with Gasteiger partial charge in [0.25, 0.3) is 5.91 Å². The van der Waals surface area contributed by atoms with Gasteiger partial charge in [0.2, 0.25) is 0 Å². The molecule has 0 aliphatic rings. The SMILES string of the molecule is Cc1ccccc1CN(C)C(=O)c1cc(N)c(F)cc1F. The van der Waals surface area contributed by atoms with Crippen LogP contribution in [0.3, 0.4) is 0 Å². The number of carbonyl (C=O) groups is 1. The van der Waals surface area contributed by atoms with Crippen molar-refractivity contribution in [2.45, 2.75) is 13.5 Å². The van der Waals surface area contributed by atoms with Crippen LogP contribution >= 0.6 is 0 Å². The lowest BCUT2D eigenvalue weighted by Gasteiger charge is -2.19. The number of hydrogen-bond acceptors (Lipinski definition) is 2. The number of anilines is 1. The van der Waals surface area contributed by atoms with Gasteiger partial charge in [0.1, 0.15) is 11.6 Å². The van der Waals surface area contributed by atoms with E-state index in [2.05, 4.69) is 0 Å². The maximum atomic E-state index is 13.7. The number of carbonyl (C=O) groups excluding carboxylic acids is 1. The van der Waals surface area contributed by atoms with E-state index in [0.717, 1.165) is 17.2 Å². The standard InChI is InChI=1S/C16H16F2N2O/c1-10-5-3-4-6-11(10)9-20(2)16(21)12-7-15(19)14(18)8-13(12)17/h3-8H,9,19H2,1-2H3. The number of halogens is 2. The summed E-state index contributed by atoms with van der Waals surface area (Å²) in [5.41, 5.74) is 6.91. The summed E-state index contributed by atoms with van der Waals surface area (Å²) in [6.45, 7) is 2.27. The third-order valence-electron chi connectivity index (χ3n) is 3.33. The van der Waals surface area contributed by atoms with Gasteiger partial charge < -0.3 is 10.6 Å². The van der Waals surface area contributed by atoms with Crippen molar-refractivity contribution in [1.29, 1.82) is 0 Å². The van der Waals surface area contributed by atoms with Crippen LogP contribution in [-0.2, 0) is 6.54 Å². The molecule has 0 unspecified atom stereocenters. The Bertz CT molecular complexity index is 686. The third-order valence-corrected chi connectivity index (χ3v) is 3.33. The quantitative estimate of drug-likeness (QED) is 0.883. The molecular weight excluding hydrogens is 274 g/mol. The Balaban J connectivity index is 2.24. The first-order chi connectivity index (χ1) is 9.90. The van der Waals surface area contributed by atoms with Gasteiger partial charge in [-0.2, -0.15) is 0 Å². The lowest BCUT2D eigenvalue weighted by atomic mass is 10.1. The Morgan fingerprint density at radius 1 is 1.19 bits per heavy atom. The topological polar surface area (TPSA) is 46.3 Å². The van der Waals surface area contributed by atoms with Crippen LogP contribution in [-0.4, -0.2) is 17.9 Å². The largest absolute Gasteiger partial charge is 0.396 e. The molecule has 110 valence electrons. The van der Waals surface area contributed by atoms with Gasteiger partial charge >= 0.3 is 0 Å². The number of hydrogen-bond donors (Lipinski definition) is 1. The lowest BCUT2D eigenvalue weighted by Crippen LogP contribution is -2.27. The molecule has 1 amide bonds. The molecule has 2 aromatic carbocycles. The highest BCUT2D eigenvalue weighted by atomic mass is 19.1. The molecule has 0 bridgehead atoms. The molecule has 5 heteroatoms. The van der Waals surface area contributed by atoms with Crippen LogP contribution in [0, 0.1) is 18.6 Å². The zero-order chi connectivity index (χ0) is 15.6. The van der Waals surface area contributed by atoms with Crippen molar-refractivity contribution in [2.24, 2.45) is 0 Å². The van der Waals surface area contributed by atoms with E-state index >= 15 is 0 Å². The van der Waals surface area contributed by atoms with Crippen LogP contribution in [0.5, 0.6) is 0 Å². The van der Waals surface area contributed by atoms with Crippen molar-refractivity contribution in [3.8, 4) is 0 Å². The van der Waals surface area contributed by atoms with E-state index < -0.39 is 17.5 Å².